The topological polar surface area (TPSA) is 29.5 Å². The minimum atomic E-state index is -0.324. The van der Waals surface area contributed by atoms with E-state index < -0.39 is 0 Å². The van der Waals surface area contributed by atoms with Crippen molar-refractivity contribution in [2.24, 2.45) is 0 Å². The molecule has 0 heterocycles. The first-order chi connectivity index (χ1) is 8.08. The molecule has 0 unspecified atom stereocenters. The predicted molar refractivity (Wildman–Crippen MR) is 67.0 cm³/mol. The lowest BCUT2D eigenvalue weighted by Gasteiger charge is -2.10. The van der Waals surface area contributed by atoms with Crippen LogP contribution in [-0.2, 0) is 9.63 Å². The lowest BCUT2D eigenvalue weighted by atomic mass is 10.2. The number of hydrogen-bond acceptors (Lipinski definition) is 3. The van der Waals surface area contributed by atoms with E-state index >= 15 is 0 Å². The Balaban J connectivity index is 2.90. The van der Waals surface area contributed by atoms with Gasteiger partial charge in [-0.25, -0.2) is 9.45 Å². The second-order valence-corrected chi connectivity index (χ2v) is 4.09. The van der Waals surface area contributed by atoms with E-state index in [0.29, 0.717) is 5.56 Å². The van der Waals surface area contributed by atoms with Crippen molar-refractivity contribution in [2.45, 2.75) is 4.90 Å². The predicted octanol–water partition coefficient (Wildman–Crippen LogP) is 2.58. The summed E-state index contributed by atoms with van der Waals surface area (Å²) in [6, 6.07) is 4.47. The van der Waals surface area contributed by atoms with E-state index in [1.807, 2.05) is 6.26 Å². The maximum absolute atomic E-state index is 13.1. The van der Waals surface area contributed by atoms with Gasteiger partial charge in [-0.15, -0.1) is 11.8 Å². The van der Waals surface area contributed by atoms with Crippen LogP contribution in [-0.4, -0.2) is 31.4 Å². The third kappa shape index (κ3) is 3.87. The van der Waals surface area contributed by atoms with Gasteiger partial charge in [0.1, 0.15) is 5.82 Å². The Kier molecular flexibility index (Phi) is 5.18. The van der Waals surface area contributed by atoms with Crippen molar-refractivity contribution in [3.8, 4) is 0 Å². The maximum atomic E-state index is 13.1. The molecule has 1 aromatic rings. The number of likely N-dealkylation sites (N-methyl/N-ethyl adjacent to an activating group) is 1. The number of amides is 1. The van der Waals surface area contributed by atoms with Gasteiger partial charge < -0.3 is 0 Å². The van der Waals surface area contributed by atoms with Gasteiger partial charge in [0, 0.05) is 18.0 Å². The Bertz CT molecular complexity index is 435. The molecule has 1 amide bonds. The van der Waals surface area contributed by atoms with Gasteiger partial charge in [0.15, 0.2) is 0 Å². The third-order valence-electron chi connectivity index (χ3n) is 2.18. The molecule has 0 aliphatic rings. The highest BCUT2D eigenvalue weighted by Crippen LogP contribution is 2.22. The van der Waals surface area contributed by atoms with Gasteiger partial charge in [0.05, 0.1) is 7.11 Å². The Labute approximate surface area is 104 Å². The van der Waals surface area contributed by atoms with Gasteiger partial charge in [-0.1, -0.05) is 0 Å². The molecule has 0 saturated carbocycles. The largest absolute Gasteiger partial charge is 0.274 e. The van der Waals surface area contributed by atoms with Crippen molar-refractivity contribution in [3.63, 3.8) is 0 Å². The van der Waals surface area contributed by atoms with Crippen molar-refractivity contribution >= 4 is 23.7 Å². The minimum absolute atomic E-state index is 0.302. The smallest absolute Gasteiger partial charge is 0.269 e. The fourth-order valence-corrected chi connectivity index (χ4v) is 1.76. The lowest BCUT2D eigenvalue weighted by Crippen LogP contribution is -2.22. The normalized spacial score (nSPS) is 10.8. The van der Waals surface area contributed by atoms with Crippen LogP contribution in [0.25, 0.3) is 6.08 Å². The summed E-state index contributed by atoms with van der Waals surface area (Å²) in [5.74, 6) is -0.626. The second-order valence-electron chi connectivity index (χ2n) is 3.24. The minimum Gasteiger partial charge on any atom is -0.274 e. The maximum Gasteiger partial charge on any atom is 0.269 e. The molecule has 0 aliphatic heterocycles. The average Bonchev–Trinajstić information content (AvgIpc) is 2.35. The highest BCUT2D eigenvalue weighted by molar-refractivity contribution is 7.98. The first-order valence-corrected chi connectivity index (χ1v) is 6.14. The SMILES string of the molecule is CON(C)C(=O)/C=C/c1cc(F)ccc1SC. The summed E-state index contributed by atoms with van der Waals surface area (Å²) in [6.07, 6.45) is 4.82. The van der Waals surface area contributed by atoms with Crippen molar-refractivity contribution in [1.29, 1.82) is 0 Å². The molecule has 0 saturated heterocycles. The van der Waals surface area contributed by atoms with Gasteiger partial charge in [0.2, 0.25) is 0 Å². The summed E-state index contributed by atoms with van der Waals surface area (Å²) in [7, 11) is 2.91. The molecular formula is C12H14FNO2S. The van der Waals surface area contributed by atoms with Crippen LogP contribution in [0, 0.1) is 5.82 Å². The molecule has 0 atom stereocenters. The number of thioether (sulfide) groups is 1. The molecule has 0 bridgehead atoms. The standard InChI is InChI=1S/C12H14FNO2S/c1-14(16-2)12(15)7-4-9-8-10(13)5-6-11(9)17-3/h4-8H,1-3H3/b7-4+. The summed E-state index contributed by atoms with van der Waals surface area (Å²) >= 11 is 1.50. The number of carbonyl (C=O) groups excluding carboxylic acids is 1. The summed E-state index contributed by atoms with van der Waals surface area (Å²) in [6.45, 7) is 0. The van der Waals surface area contributed by atoms with Gasteiger partial charge in [-0.3, -0.25) is 9.63 Å². The quantitative estimate of drug-likeness (QED) is 0.470. The van der Waals surface area contributed by atoms with Gasteiger partial charge in [-0.2, -0.15) is 0 Å². The number of benzene rings is 1. The highest BCUT2D eigenvalue weighted by Gasteiger charge is 2.04. The molecule has 0 N–H and O–H groups in total. The van der Waals surface area contributed by atoms with E-state index in [0.717, 1.165) is 9.96 Å². The van der Waals surface area contributed by atoms with Crippen molar-refractivity contribution in [3.05, 3.63) is 35.7 Å². The molecule has 0 spiro atoms. The molecule has 92 valence electrons. The zero-order chi connectivity index (χ0) is 12.8. The Hall–Kier alpha value is -1.33. The molecule has 0 fully saturated rings. The zero-order valence-electron chi connectivity index (χ0n) is 9.94. The van der Waals surface area contributed by atoms with Gasteiger partial charge in [0.25, 0.3) is 5.91 Å². The Morgan fingerprint density at radius 3 is 2.82 bits per heavy atom. The molecule has 0 radical (unpaired) electrons. The highest BCUT2D eigenvalue weighted by atomic mass is 32.2. The molecule has 1 rings (SSSR count). The Morgan fingerprint density at radius 1 is 1.53 bits per heavy atom. The molecule has 5 heteroatoms. The fraction of sp³-hybridized carbons (Fsp3) is 0.250. The van der Waals surface area contributed by atoms with E-state index in [1.165, 1.54) is 44.1 Å². The third-order valence-corrected chi connectivity index (χ3v) is 2.99. The summed E-state index contributed by atoms with van der Waals surface area (Å²) in [4.78, 5) is 17.1. The number of nitrogens with zero attached hydrogens (tertiary/aromatic N) is 1. The van der Waals surface area contributed by atoms with Crippen LogP contribution in [0.4, 0.5) is 4.39 Å². The van der Waals surface area contributed by atoms with E-state index in [4.69, 9.17) is 4.84 Å². The fourth-order valence-electron chi connectivity index (χ4n) is 1.19. The van der Waals surface area contributed by atoms with Crippen LogP contribution in [0.2, 0.25) is 0 Å². The van der Waals surface area contributed by atoms with Crippen LogP contribution in [0.1, 0.15) is 5.56 Å². The van der Waals surface area contributed by atoms with E-state index in [2.05, 4.69) is 0 Å². The lowest BCUT2D eigenvalue weighted by molar-refractivity contribution is -0.162. The number of halogens is 1. The molecule has 0 aromatic heterocycles. The summed E-state index contributed by atoms with van der Waals surface area (Å²) < 4.78 is 13.1. The van der Waals surface area contributed by atoms with Crippen molar-refractivity contribution in [1.82, 2.24) is 5.06 Å². The van der Waals surface area contributed by atoms with Gasteiger partial charge >= 0.3 is 0 Å². The van der Waals surface area contributed by atoms with Crippen LogP contribution < -0.4 is 0 Å². The van der Waals surface area contributed by atoms with E-state index in [-0.39, 0.29) is 11.7 Å². The first kappa shape index (κ1) is 13.7. The molecule has 17 heavy (non-hydrogen) atoms. The van der Waals surface area contributed by atoms with Crippen LogP contribution >= 0.6 is 11.8 Å². The number of carbonyl (C=O) groups is 1. The first-order valence-electron chi connectivity index (χ1n) is 4.92. The zero-order valence-corrected chi connectivity index (χ0v) is 10.8. The molecular weight excluding hydrogens is 241 g/mol. The van der Waals surface area contributed by atoms with Crippen LogP contribution in [0.3, 0.4) is 0 Å². The van der Waals surface area contributed by atoms with Gasteiger partial charge in [-0.05, 0) is 36.1 Å². The summed E-state index contributed by atoms with van der Waals surface area (Å²) in [5.41, 5.74) is 0.676. The van der Waals surface area contributed by atoms with E-state index in [1.54, 1.807) is 12.1 Å². The molecule has 1 aromatic carbocycles. The van der Waals surface area contributed by atoms with Crippen LogP contribution in [0.15, 0.2) is 29.2 Å². The second kappa shape index (κ2) is 6.42. The molecule has 0 aliphatic carbocycles. The monoisotopic (exact) mass is 255 g/mol. The van der Waals surface area contributed by atoms with E-state index in [9.17, 15) is 9.18 Å². The Morgan fingerprint density at radius 2 is 2.24 bits per heavy atom. The average molecular weight is 255 g/mol. The number of hydrogen-bond donors (Lipinski definition) is 0. The molecule has 3 nitrogen and oxygen atoms in total. The number of hydroxylamine groups is 2. The van der Waals surface area contributed by atoms with Crippen molar-refractivity contribution in [2.75, 3.05) is 20.4 Å². The van der Waals surface area contributed by atoms with Crippen LogP contribution in [0.5, 0.6) is 0 Å². The van der Waals surface area contributed by atoms with Crippen molar-refractivity contribution < 1.29 is 14.0 Å². The number of rotatable bonds is 4. The summed E-state index contributed by atoms with van der Waals surface area (Å²) in [5, 5.41) is 1.09.